The average Bonchev–Trinajstić information content (AvgIpc) is 2.80. The number of nitrogens with zero attached hydrogens (tertiary/aromatic N) is 1. The first-order chi connectivity index (χ1) is 16.3. The molecule has 1 aromatic heterocycles. The van der Waals surface area contributed by atoms with Crippen LogP contribution in [-0.2, 0) is 9.53 Å². The van der Waals surface area contributed by atoms with Gasteiger partial charge < -0.3 is 15.5 Å². The zero-order chi connectivity index (χ0) is 24.7. The number of hydrogen-bond donors (Lipinski definition) is 4. The van der Waals surface area contributed by atoms with Crippen LogP contribution in [0, 0.1) is 12.3 Å². The Morgan fingerprint density at radius 3 is 2.68 bits per heavy atom. The molecule has 1 aliphatic carbocycles. The van der Waals surface area contributed by atoms with Crippen LogP contribution in [0.5, 0.6) is 0 Å². The number of carbonyl (C=O) groups excluding carboxylic acids is 2. The smallest absolute Gasteiger partial charge is 0.411 e. The van der Waals surface area contributed by atoms with E-state index in [0.717, 1.165) is 0 Å². The fourth-order valence-electron chi connectivity index (χ4n) is 3.09. The first-order valence-electron chi connectivity index (χ1n) is 10.0. The molecule has 0 atom stereocenters. The lowest BCUT2D eigenvalue weighted by molar-refractivity contribution is -0.515. The summed E-state index contributed by atoms with van der Waals surface area (Å²) >= 11 is 15.6. The molecule has 2 amide bonds. The van der Waals surface area contributed by atoms with Crippen molar-refractivity contribution < 1.29 is 19.6 Å². The topological polar surface area (TPSA) is 121 Å². The third-order valence-corrected chi connectivity index (χ3v) is 5.48. The van der Waals surface area contributed by atoms with Crippen molar-refractivity contribution in [1.82, 2.24) is 4.98 Å². The van der Waals surface area contributed by atoms with Crippen LogP contribution in [0.1, 0.15) is 5.56 Å². The van der Waals surface area contributed by atoms with Crippen LogP contribution in [-0.4, -0.2) is 34.6 Å². The van der Waals surface area contributed by atoms with Gasteiger partial charge in [0.25, 0.3) is 0 Å². The molecule has 0 radical (unpaired) electrons. The molecule has 0 saturated heterocycles. The van der Waals surface area contributed by atoms with Gasteiger partial charge in [0.2, 0.25) is 11.5 Å². The lowest BCUT2D eigenvalue weighted by atomic mass is 10.0. The molecule has 1 aliphatic rings. The highest BCUT2D eigenvalue weighted by atomic mass is 79.9. The second kappa shape index (κ2) is 11.9. The summed E-state index contributed by atoms with van der Waals surface area (Å²) in [7, 11) is 0. The quantitative estimate of drug-likeness (QED) is 0.282. The second-order valence-electron chi connectivity index (χ2n) is 7.02. The number of allylic oxidation sites excluding steroid dienone is 5. The van der Waals surface area contributed by atoms with Crippen LogP contribution >= 0.6 is 39.1 Å². The van der Waals surface area contributed by atoms with Crippen LogP contribution in [0.3, 0.4) is 0 Å². The number of halogens is 3. The van der Waals surface area contributed by atoms with Gasteiger partial charge in [-0.1, -0.05) is 51.3 Å². The van der Waals surface area contributed by atoms with Gasteiger partial charge in [0, 0.05) is 16.5 Å². The molecule has 0 bridgehead atoms. The lowest BCUT2D eigenvalue weighted by Gasteiger charge is -2.17. The minimum atomic E-state index is -0.691. The Morgan fingerprint density at radius 1 is 1.21 bits per heavy atom. The Labute approximate surface area is 214 Å². The summed E-state index contributed by atoms with van der Waals surface area (Å²) in [5.74, 6) is -0.147. The number of alkyl halides is 1. The van der Waals surface area contributed by atoms with Crippen molar-refractivity contribution >= 4 is 74.0 Å². The van der Waals surface area contributed by atoms with E-state index >= 15 is 0 Å². The van der Waals surface area contributed by atoms with E-state index in [1.54, 1.807) is 55.6 Å². The number of ether oxygens (including phenoxy) is 1. The maximum Gasteiger partial charge on any atom is 0.411 e. The van der Waals surface area contributed by atoms with Crippen molar-refractivity contribution in [3.05, 3.63) is 81.6 Å². The number of amides is 2. The molecule has 0 spiro atoms. The Kier molecular flexibility index (Phi) is 9.00. The Bertz CT molecular complexity index is 1230. The Morgan fingerprint density at radius 2 is 1.97 bits per heavy atom. The predicted octanol–water partition coefficient (Wildman–Crippen LogP) is 4.87. The van der Waals surface area contributed by atoms with E-state index in [4.69, 9.17) is 33.3 Å². The van der Waals surface area contributed by atoms with Crippen molar-refractivity contribution in [1.29, 1.82) is 5.41 Å². The molecule has 0 aliphatic heterocycles. The SMILES string of the molecule is Cc1cc(Cl)cc(NC(=O)OCCBr)c1NC(=O)/C([NH2+]c1ncccc1Cl)=C1\C=CC=CC1=N. The summed E-state index contributed by atoms with van der Waals surface area (Å²) in [6, 6.07) is 6.51. The van der Waals surface area contributed by atoms with Gasteiger partial charge in [-0.2, -0.15) is 0 Å². The van der Waals surface area contributed by atoms with Crippen molar-refractivity contribution in [2.45, 2.75) is 6.92 Å². The van der Waals surface area contributed by atoms with E-state index in [2.05, 4.69) is 31.5 Å². The number of pyridine rings is 1. The zero-order valence-electron chi connectivity index (χ0n) is 18.0. The number of hydrogen-bond acceptors (Lipinski definition) is 5. The van der Waals surface area contributed by atoms with E-state index in [-0.39, 0.29) is 23.7 Å². The zero-order valence-corrected chi connectivity index (χ0v) is 21.1. The third-order valence-electron chi connectivity index (χ3n) is 4.62. The van der Waals surface area contributed by atoms with Gasteiger partial charge in [-0.25, -0.2) is 9.78 Å². The van der Waals surface area contributed by atoms with Gasteiger partial charge in [0.05, 0.1) is 22.7 Å². The van der Waals surface area contributed by atoms with E-state index in [0.29, 0.717) is 38.0 Å². The molecule has 1 aromatic carbocycles. The number of rotatable bonds is 7. The van der Waals surface area contributed by atoms with Crippen LogP contribution in [0.2, 0.25) is 10.0 Å². The summed E-state index contributed by atoms with van der Waals surface area (Å²) in [6.45, 7) is 1.92. The monoisotopic (exact) mass is 564 g/mol. The van der Waals surface area contributed by atoms with E-state index < -0.39 is 12.0 Å². The van der Waals surface area contributed by atoms with Crippen LogP contribution in [0.15, 0.2) is 66.0 Å². The molecule has 0 saturated carbocycles. The second-order valence-corrected chi connectivity index (χ2v) is 8.66. The summed E-state index contributed by atoms with van der Waals surface area (Å²) < 4.78 is 5.05. The first-order valence-corrected chi connectivity index (χ1v) is 11.9. The highest BCUT2D eigenvalue weighted by Gasteiger charge is 2.26. The van der Waals surface area contributed by atoms with E-state index in [1.165, 1.54) is 11.4 Å². The van der Waals surface area contributed by atoms with Crippen molar-refractivity contribution in [3.63, 3.8) is 0 Å². The number of nitrogens with two attached hydrogens (primary N) is 1. The molecule has 8 nitrogen and oxygen atoms in total. The highest BCUT2D eigenvalue weighted by molar-refractivity contribution is 9.09. The van der Waals surface area contributed by atoms with Crippen LogP contribution in [0.25, 0.3) is 0 Å². The summed E-state index contributed by atoms with van der Waals surface area (Å²) in [6.07, 6.45) is 7.55. The number of aryl methyl sites for hydroxylation is 1. The largest absolute Gasteiger partial charge is 0.448 e. The van der Waals surface area contributed by atoms with Crippen molar-refractivity contribution in [2.24, 2.45) is 0 Å². The molecule has 0 fully saturated rings. The van der Waals surface area contributed by atoms with Gasteiger partial charge in [-0.05, 0) is 48.9 Å². The fourth-order valence-corrected chi connectivity index (χ4v) is 3.70. The number of aromatic nitrogens is 1. The van der Waals surface area contributed by atoms with Crippen LogP contribution < -0.4 is 16.0 Å². The van der Waals surface area contributed by atoms with Crippen molar-refractivity contribution in [2.75, 3.05) is 22.6 Å². The molecular formula is C23H21BrCl2N5O3+. The van der Waals surface area contributed by atoms with Crippen LogP contribution in [0.4, 0.5) is 22.0 Å². The van der Waals surface area contributed by atoms with E-state index in [9.17, 15) is 9.59 Å². The molecule has 176 valence electrons. The molecule has 34 heavy (non-hydrogen) atoms. The number of nitrogens with one attached hydrogen (secondary N) is 3. The lowest BCUT2D eigenvalue weighted by Crippen LogP contribution is -2.79. The number of anilines is 2. The molecule has 3 rings (SSSR count). The fraction of sp³-hybridized carbons (Fsp3) is 0.130. The molecule has 5 N–H and O–H groups in total. The van der Waals surface area contributed by atoms with Gasteiger partial charge in [-0.3, -0.25) is 15.4 Å². The molecule has 1 heterocycles. The molecule has 0 unspecified atom stereocenters. The third kappa shape index (κ3) is 6.54. The summed E-state index contributed by atoms with van der Waals surface area (Å²) in [5.41, 5.74) is 1.94. The first kappa shape index (κ1) is 25.6. The maximum atomic E-state index is 13.5. The predicted molar refractivity (Wildman–Crippen MR) is 137 cm³/mol. The highest BCUT2D eigenvalue weighted by Crippen LogP contribution is 2.31. The molecular weight excluding hydrogens is 545 g/mol. The van der Waals surface area contributed by atoms with E-state index in [1.807, 2.05) is 0 Å². The van der Waals surface area contributed by atoms with Gasteiger partial charge in [-0.15, -0.1) is 0 Å². The Hall–Kier alpha value is -2.98. The number of quaternary nitrogens is 1. The average molecular weight is 566 g/mol. The molecule has 11 heteroatoms. The van der Waals surface area contributed by atoms with Crippen molar-refractivity contribution in [3.8, 4) is 0 Å². The standard InChI is InChI=1S/C23H20BrCl2N5O3/c1-13-11-14(25)12-18(29-23(33)34-10-8-24)19(13)31-22(32)20(15-5-2-3-7-17(15)27)30-21-16(26)6-4-9-28-21/h2-7,9,11-12,27H,8,10H2,1H3,(H,28,30)(H,29,33)(H,31,32)/p+1/b20-15-,27-17?. The summed E-state index contributed by atoms with van der Waals surface area (Å²) in [4.78, 5) is 29.9. The Balaban J connectivity index is 1.99. The van der Waals surface area contributed by atoms with Gasteiger partial charge in [0.15, 0.2) is 0 Å². The van der Waals surface area contributed by atoms with Gasteiger partial charge in [0.1, 0.15) is 11.6 Å². The minimum absolute atomic E-state index is 0.153. The van der Waals surface area contributed by atoms with Gasteiger partial charge >= 0.3 is 12.0 Å². The summed E-state index contributed by atoms with van der Waals surface area (Å²) in [5, 5.41) is 16.5. The number of carbonyl (C=O) groups is 2. The minimum Gasteiger partial charge on any atom is -0.448 e. The maximum absolute atomic E-state index is 13.5. The number of benzene rings is 1. The normalized spacial score (nSPS) is 14.1. The molecule has 2 aromatic rings.